The molecule has 0 spiro atoms. The second-order valence-corrected chi connectivity index (χ2v) is 6.64. The number of ether oxygens (including phenoxy) is 1. The van der Waals surface area contributed by atoms with Gasteiger partial charge in [0.15, 0.2) is 0 Å². The largest absolute Gasteiger partial charge is 0.457 e. The van der Waals surface area contributed by atoms with Crippen molar-refractivity contribution in [1.29, 1.82) is 0 Å². The molecule has 0 fully saturated rings. The normalized spacial score (nSPS) is 17.1. The number of rotatable bonds is 3. The van der Waals surface area contributed by atoms with Crippen LogP contribution < -0.4 is 0 Å². The van der Waals surface area contributed by atoms with Gasteiger partial charge in [0.2, 0.25) is 0 Å². The summed E-state index contributed by atoms with van der Waals surface area (Å²) in [5, 5.41) is 0. The van der Waals surface area contributed by atoms with Crippen molar-refractivity contribution in [2.75, 3.05) is 7.05 Å². The summed E-state index contributed by atoms with van der Waals surface area (Å²) in [5.41, 5.74) is -0.830. The van der Waals surface area contributed by atoms with Crippen molar-refractivity contribution >= 4 is 21.9 Å². The van der Waals surface area contributed by atoms with Crippen LogP contribution in [0.25, 0.3) is 0 Å². The molecule has 1 aliphatic heterocycles. The first-order valence-electron chi connectivity index (χ1n) is 6.60. The lowest BCUT2D eigenvalue weighted by Gasteiger charge is -2.19. The molecule has 1 aromatic carbocycles. The van der Waals surface area contributed by atoms with E-state index in [0.29, 0.717) is 0 Å². The van der Waals surface area contributed by atoms with E-state index in [0.717, 1.165) is 22.6 Å². The Bertz CT molecular complexity index is 829. The van der Waals surface area contributed by atoms with Crippen LogP contribution in [-0.4, -0.2) is 31.5 Å². The minimum atomic E-state index is -4.49. The third kappa shape index (κ3) is 3.94. The fourth-order valence-corrected chi connectivity index (χ4v) is 2.70. The van der Waals surface area contributed by atoms with Crippen molar-refractivity contribution in [3.05, 3.63) is 47.2 Å². The first-order valence-corrected chi connectivity index (χ1v) is 8.00. The molecular formula is C14H13F3N2O4S. The van der Waals surface area contributed by atoms with Gasteiger partial charge in [-0.05, 0) is 24.6 Å². The second-order valence-electron chi connectivity index (χ2n) is 4.99. The summed E-state index contributed by atoms with van der Waals surface area (Å²) in [4.78, 5) is 12.0. The molecule has 24 heavy (non-hydrogen) atoms. The topological polar surface area (TPSA) is 76.0 Å². The highest BCUT2D eigenvalue weighted by molar-refractivity contribution is 7.88. The molecule has 0 saturated carbocycles. The third-order valence-electron chi connectivity index (χ3n) is 3.16. The molecule has 0 N–H and O–H groups in total. The Kier molecular flexibility index (Phi) is 4.70. The highest BCUT2D eigenvalue weighted by Gasteiger charge is 2.30. The number of nitrogens with zero attached hydrogens (tertiary/aromatic N) is 2. The molecule has 1 aromatic rings. The molecule has 1 heterocycles. The molecule has 0 atom stereocenters. The summed E-state index contributed by atoms with van der Waals surface area (Å²) in [6.45, 7) is 0.936. The average molecular weight is 362 g/mol. The molecule has 0 bridgehead atoms. The van der Waals surface area contributed by atoms with Gasteiger partial charge in [-0.2, -0.15) is 21.6 Å². The van der Waals surface area contributed by atoms with Gasteiger partial charge in [-0.15, -0.1) is 4.40 Å². The average Bonchev–Trinajstić information content (AvgIpc) is 2.47. The van der Waals surface area contributed by atoms with E-state index < -0.39 is 27.9 Å². The summed E-state index contributed by atoms with van der Waals surface area (Å²) in [5.74, 6) is -0.879. The predicted molar refractivity (Wildman–Crippen MR) is 79.1 cm³/mol. The van der Waals surface area contributed by atoms with E-state index in [1.807, 2.05) is 0 Å². The standard InChI is InChI=1S/C14H13F3N2O4S/c1-9-12(7-19(2)24(21,22)18-9)13(20)23-8-10-4-3-5-11(6-10)14(15,16)17/h3-7H,8H2,1-2H3. The van der Waals surface area contributed by atoms with E-state index in [1.54, 1.807) is 0 Å². The molecule has 1 aliphatic rings. The number of hydrogen-bond acceptors (Lipinski definition) is 4. The minimum Gasteiger partial charge on any atom is -0.457 e. The summed E-state index contributed by atoms with van der Waals surface area (Å²) >= 11 is 0. The zero-order valence-corrected chi connectivity index (χ0v) is 13.5. The third-order valence-corrected chi connectivity index (χ3v) is 4.50. The highest BCUT2D eigenvalue weighted by Crippen LogP contribution is 2.29. The number of carbonyl (C=O) groups is 1. The Morgan fingerprint density at radius 1 is 1.33 bits per heavy atom. The summed E-state index contributed by atoms with van der Waals surface area (Å²) in [6, 6.07) is 4.37. The first kappa shape index (κ1) is 18.0. The lowest BCUT2D eigenvalue weighted by molar-refractivity contribution is -0.139. The van der Waals surface area contributed by atoms with Gasteiger partial charge in [0.1, 0.15) is 6.61 Å². The van der Waals surface area contributed by atoms with Gasteiger partial charge in [-0.1, -0.05) is 12.1 Å². The van der Waals surface area contributed by atoms with Gasteiger partial charge in [-0.25, -0.2) is 4.79 Å². The van der Waals surface area contributed by atoms with Crippen molar-refractivity contribution in [2.45, 2.75) is 19.7 Å². The molecule has 0 radical (unpaired) electrons. The second kappa shape index (κ2) is 6.27. The van der Waals surface area contributed by atoms with Gasteiger partial charge >= 0.3 is 22.4 Å². The van der Waals surface area contributed by atoms with Crippen LogP contribution in [0.2, 0.25) is 0 Å². The van der Waals surface area contributed by atoms with E-state index in [-0.39, 0.29) is 23.5 Å². The minimum absolute atomic E-state index is 0.0536. The van der Waals surface area contributed by atoms with Crippen molar-refractivity contribution in [2.24, 2.45) is 4.40 Å². The van der Waals surface area contributed by atoms with E-state index in [1.165, 1.54) is 26.1 Å². The van der Waals surface area contributed by atoms with Crippen LogP contribution in [0.1, 0.15) is 18.1 Å². The maximum Gasteiger partial charge on any atom is 0.416 e. The molecule has 0 amide bonds. The van der Waals surface area contributed by atoms with Gasteiger partial charge in [-0.3, -0.25) is 4.31 Å². The molecule has 10 heteroatoms. The van der Waals surface area contributed by atoms with Crippen LogP contribution in [-0.2, 0) is 32.5 Å². The summed E-state index contributed by atoms with van der Waals surface area (Å²) in [7, 11) is -2.65. The van der Waals surface area contributed by atoms with Crippen molar-refractivity contribution in [3.8, 4) is 0 Å². The number of benzene rings is 1. The molecule has 2 rings (SSSR count). The first-order chi connectivity index (χ1) is 11.0. The predicted octanol–water partition coefficient (Wildman–Crippen LogP) is 2.28. The maximum absolute atomic E-state index is 12.6. The Labute approximate surface area is 136 Å². The maximum atomic E-state index is 12.6. The summed E-state index contributed by atoms with van der Waals surface area (Å²) in [6.07, 6.45) is -3.45. The Balaban J connectivity index is 2.11. The van der Waals surface area contributed by atoms with Crippen molar-refractivity contribution in [1.82, 2.24) is 4.31 Å². The molecule has 130 valence electrons. The van der Waals surface area contributed by atoms with E-state index in [2.05, 4.69) is 4.40 Å². The number of carbonyl (C=O) groups excluding carboxylic acids is 1. The number of halogens is 3. The monoisotopic (exact) mass is 362 g/mol. The fraction of sp³-hybridized carbons (Fsp3) is 0.286. The Morgan fingerprint density at radius 3 is 2.62 bits per heavy atom. The number of esters is 1. The van der Waals surface area contributed by atoms with Crippen LogP contribution in [0.4, 0.5) is 13.2 Å². The Hall–Kier alpha value is -2.36. The van der Waals surface area contributed by atoms with Crippen molar-refractivity contribution in [3.63, 3.8) is 0 Å². The zero-order chi connectivity index (χ0) is 18.1. The molecule has 0 aromatic heterocycles. The van der Waals surface area contributed by atoms with Crippen LogP contribution in [0.15, 0.2) is 40.4 Å². The lowest BCUT2D eigenvalue weighted by Crippen LogP contribution is -2.29. The molecule has 0 unspecified atom stereocenters. The molecule has 0 aliphatic carbocycles. The SMILES string of the molecule is CC1=NS(=O)(=O)N(C)C=C1C(=O)OCc1cccc(C(F)(F)F)c1. The van der Waals surface area contributed by atoms with Crippen LogP contribution in [0.3, 0.4) is 0 Å². The van der Waals surface area contributed by atoms with E-state index >= 15 is 0 Å². The van der Waals surface area contributed by atoms with Crippen LogP contribution in [0, 0.1) is 0 Å². The van der Waals surface area contributed by atoms with Gasteiger partial charge in [0.05, 0.1) is 16.8 Å². The van der Waals surface area contributed by atoms with Crippen molar-refractivity contribution < 1.29 is 31.1 Å². The zero-order valence-electron chi connectivity index (χ0n) is 12.7. The smallest absolute Gasteiger partial charge is 0.416 e. The summed E-state index contributed by atoms with van der Waals surface area (Å²) < 4.78 is 70.0. The fourth-order valence-electron chi connectivity index (χ4n) is 1.89. The van der Waals surface area contributed by atoms with Gasteiger partial charge in [0.25, 0.3) is 0 Å². The van der Waals surface area contributed by atoms with Gasteiger partial charge in [0, 0.05) is 13.2 Å². The Morgan fingerprint density at radius 2 is 2.00 bits per heavy atom. The van der Waals surface area contributed by atoms with E-state index in [4.69, 9.17) is 4.74 Å². The van der Waals surface area contributed by atoms with Crippen LogP contribution in [0.5, 0.6) is 0 Å². The highest BCUT2D eigenvalue weighted by atomic mass is 32.2. The lowest BCUT2D eigenvalue weighted by atomic mass is 10.1. The van der Waals surface area contributed by atoms with Gasteiger partial charge < -0.3 is 4.74 Å². The number of alkyl halides is 3. The van der Waals surface area contributed by atoms with E-state index in [9.17, 15) is 26.4 Å². The van der Waals surface area contributed by atoms with Crippen LogP contribution >= 0.6 is 0 Å². The molecule has 6 nitrogen and oxygen atoms in total. The number of hydrogen-bond donors (Lipinski definition) is 0. The molecular weight excluding hydrogens is 349 g/mol. The quantitative estimate of drug-likeness (QED) is 0.773. The molecule has 0 saturated heterocycles.